The largest absolute Gasteiger partial charge is 0.487 e. The molecule has 2 rings (SSSR count). The van der Waals surface area contributed by atoms with Crippen LogP contribution in [0.15, 0.2) is 18.2 Å². The summed E-state index contributed by atoms with van der Waals surface area (Å²) in [4.78, 5) is 12.1. The first-order chi connectivity index (χ1) is 8.66. The van der Waals surface area contributed by atoms with Gasteiger partial charge in [-0.2, -0.15) is 0 Å². The Kier molecular flexibility index (Phi) is 3.32. The third-order valence-corrected chi connectivity index (χ3v) is 3.71. The van der Waals surface area contributed by atoms with Gasteiger partial charge in [-0.1, -0.05) is 25.6 Å². The minimum Gasteiger partial charge on any atom is -0.487 e. The van der Waals surface area contributed by atoms with Crippen LogP contribution in [-0.4, -0.2) is 19.5 Å². The molecule has 0 atom stereocenters. The van der Waals surface area contributed by atoms with Gasteiger partial charge < -0.3 is 4.74 Å². The van der Waals surface area contributed by atoms with Gasteiger partial charge in [-0.15, -0.1) is 5.54 Å². The molecule has 100 valence electrons. The lowest BCUT2D eigenvalue weighted by Crippen LogP contribution is -2.35. The maximum atomic E-state index is 12.1. The van der Waals surface area contributed by atoms with Gasteiger partial charge in [0.25, 0.3) is 0 Å². The number of hydrogen-bond donors (Lipinski definition) is 0. The van der Waals surface area contributed by atoms with E-state index >= 15 is 0 Å². The molecule has 1 aromatic carbocycles. The summed E-state index contributed by atoms with van der Waals surface area (Å²) in [6.45, 7) is 10.5. The molecule has 2 nitrogen and oxygen atoms in total. The molecule has 0 spiro atoms. The summed E-state index contributed by atoms with van der Waals surface area (Å²) in [7, 11) is -1.39. The van der Waals surface area contributed by atoms with Crippen molar-refractivity contribution in [1.82, 2.24) is 0 Å². The number of fused-ring (bicyclic) bond motifs is 1. The van der Waals surface area contributed by atoms with Crippen LogP contribution in [0.25, 0.3) is 0 Å². The second kappa shape index (κ2) is 4.54. The van der Waals surface area contributed by atoms with Crippen molar-refractivity contribution in [3.8, 4) is 17.2 Å². The highest BCUT2D eigenvalue weighted by Gasteiger charge is 2.32. The van der Waals surface area contributed by atoms with E-state index in [9.17, 15) is 4.79 Å². The quantitative estimate of drug-likeness (QED) is 0.532. The van der Waals surface area contributed by atoms with Crippen LogP contribution in [0.1, 0.15) is 36.2 Å². The molecule has 1 heterocycles. The van der Waals surface area contributed by atoms with Gasteiger partial charge in [0.2, 0.25) is 0 Å². The Labute approximate surface area is 116 Å². The maximum Gasteiger partial charge on any atom is 0.170 e. The Hall–Kier alpha value is -1.53. The second-order valence-corrected chi connectivity index (χ2v) is 11.4. The SMILES string of the molecule is CC1(C)CC(=O)c2cc(C#C[Si](C)(C)C)ccc2O1. The van der Waals surface area contributed by atoms with Crippen LogP contribution in [0.2, 0.25) is 19.6 Å². The average Bonchev–Trinajstić information content (AvgIpc) is 2.24. The van der Waals surface area contributed by atoms with Crippen LogP contribution in [-0.2, 0) is 0 Å². The van der Waals surface area contributed by atoms with Crippen LogP contribution < -0.4 is 4.74 Å². The topological polar surface area (TPSA) is 26.3 Å². The number of carbonyl (C=O) groups is 1. The lowest BCUT2D eigenvalue weighted by Gasteiger charge is -2.31. The predicted molar refractivity (Wildman–Crippen MR) is 80.3 cm³/mol. The van der Waals surface area contributed by atoms with Gasteiger partial charge in [-0.25, -0.2) is 0 Å². The highest BCUT2D eigenvalue weighted by Crippen LogP contribution is 2.33. The predicted octanol–water partition coefficient (Wildman–Crippen LogP) is 3.66. The van der Waals surface area contributed by atoms with Crippen molar-refractivity contribution in [2.24, 2.45) is 0 Å². The molecule has 0 radical (unpaired) electrons. The number of ether oxygens (including phenoxy) is 1. The van der Waals surface area contributed by atoms with Crippen molar-refractivity contribution >= 4 is 13.9 Å². The Bertz CT molecular complexity index is 583. The van der Waals surface area contributed by atoms with Crippen LogP contribution in [0.5, 0.6) is 5.75 Å². The van der Waals surface area contributed by atoms with Gasteiger partial charge in [0.1, 0.15) is 19.4 Å². The maximum absolute atomic E-state index is 12.1. The number of hydrogen-bond acceptors (Lipinski definition) is 2. The molecule has 0 saturated carbocycles. The summed E-state index contributed by atoms with van der Waals surface area (Å²) in [5, 5.41) is 0. The summed E-state index contributed by atoms with van der Waals surface area (Å²) >= 11 is 0. The average molecular weight is 272 g/mol. The molecule has 1 aliphatic heterocycles. The van der Waals surface area contributed by atoms with Gasteiger partial charge in [-0.3, -0.25) is 4.79 Å². The Morgan fingerprint density at radius 3 is 2.58 bits per heavy atom. The Balaban J connectivity index is 2.37. The standard InChI is InChI=1S/C16H20O2Si/c1-16(2)11-14(17)13-10-12(6-7-15(13)18-16)8-9-19(3,4)5/h6-7,10H,11H2,1-5H3. The lowest BCUT2D eigenvalue weighted by atomic mass is 9.92. The molecule has 0 fully saturated rings. The monoisotopic (exact) mass is 272 g/mol. The molecule has 0 aromatic heterocycles. The van der Waals surface area contributed by atoms with E-state index in [-0.39, 0.29) is 5.78 Å². The summed E-state index contributed by atoms with van der Waals surface area (Å²) in [5.74, 6) is 4.00. The van der Waals surface area contributed by atoms with Crippen LogP contribution in [0, 0.1) is 11.5 Å². The van der Waals surface area contributed by atoms with Crippen LogP contribution >= 0.6 is 0 Å². The fourth-order valence-electron chi connectivity index (χ4n) is 1.99. The molecule has 0 aliphatic carbocycles. The zero-order chi connectivity index (χ0) is 14.3. The number of ketones is 1. The van der Waals surface area contributed by atoms with E-state index in [0.717, 1.165) is 5.56 Å². The summed E-state index contributed by atoms with van der Waals surface area (Å²) in [5.41, 5.74) is 4.47. The fraction of sp³-hybridized carbons (Fsp3) is 0.438. The molecule has 1 aliphatic rings. The zero-order valence-corrected chi connectivity index (χ0v) is 13.3. The normalized spacial score (nSPS) is 17.0. The summed E-state index contributed by atoms with van der Waals surface area (Å²) in [6.07, 6.45) is 0.422. The number of carbonyl (C=O) groups excluding carboxylic acids is 1. The molecular formula is C16H20O2Si. The van der Waals surface area contributed by atoms with E-state index in [0.29, 0.717) is 17.7 Å². The highest BCUT2D eigenvalue weighted by atomic mass is 28.3. The summed E-state index contributed by atoms with van der Waals surface area (Å²) in [6, 6.07) is 5.66. The van der Waals surface area contributed by atoms with Crippen molar-refractivity contribution in [1.29, 1.82) is 0 Å². The molecule has 0 saturated heterocycles. The van der Waals surface area contributed by atoms with E-state index in [1.54, 1.807) is 0 Å². The Morgan fingerprint density at radius 1 is 1.26 bits per heavy atom. The molecule has 0 bridgehead atoms. The fourth-order valence-corrected chi connectivity index (χ4v) is 2.51. The van der Waals surface area contributed by atoms with Gasteiger partial charge in [0, 0.05) is 5.56 Å². The van der Waals surface area contributed by atoms with Crippen LogP contribution in [0.4, 0.5) is 0 Å². The van der Waals surface area contributed by atoms with Crippen molar-refractivity contribution in [3.63, 3.8) is 0 Å². The highest BCUT2D eigenvalue weighted by molar-refractivity contribution is 6.83. The minimum absolute atomic E-state index is 0.142. The molecule has 0 N–H and O–H groups in total. The molecular weight excluding hydrogens is 252 g/mol. The van der Waals surface area contributed by atoms with Crippen molar-refractivity contribution in [3.05, 3.63) is 29.3 Å². The van der Waals surface area contributed by atoms with Crippen molar-refractivity contribution in [2.45, 2.75) is 45.5 Å². The lowest BCUT2D eigenvalue weighted by molar-refractivity contribution is 0.0620. The Morgan fingerprint density at radius 2 is 1.95 bits per heavy atom. The first-order valence-corrected chi connectivity index (χ1v) is 10.1. The van der Waals surface area contributed by atoms with E-state index in [4.69, 9.17) is 4.74 Å². The number of benzene rings is 1. The third-order valence-electron chi connectivity index (χ3n) is 2.83. The second-order valence-electron chi connectivity index (χ2n) is 6.67. The zero-order valence-electron chi connectivity index (χ0n) is 12.3. The van der Waals surface area contributed by atoms with E-state index in [1.807, 2.05) is 32.0 Å². The van der Waals surface area contributed by atoms with Gasteiger partial charge in [-0.05, 0) is 32.0 Å². The molecule has 0 unspecified atom stereocenters. The molecule has 1 aromatic rings. The van der Waals surface area contributed by atoms with Gasteiger partial charge >= 0.3 is 0 Å². The van der Waals surface area contributed by atoms with Crippen molar-refractivity contribution < 1.29 is 9.53 Å². The van der Waals surface area contributed by atoms with Crippen molar-refractivity contribution in [2.75, 3.05) is 0 Å². The first kappa shape index (κ1) is 13.9. The smallest absolute Gasteiger partial charge is 0.170 e. The molecule has 19 heavy (non-hydrogen) atoms. The first-order valence-electron chi connectivity index (χ1n) is 6.56. The van der Waals surface area contributed by atoms with E-state index < -0.39 is 13.7 Å². The minimum atomic E-state index is -1.39. The van der Waals surface area contributed by atoms with E-state index in [2.05, 4.69) is 31.1 Å². The number of Topliss-reactive ketones (excluding diaryl/α,β-unsaturated/α-hetero) is 1. The summed E-state index contributed by atoms with van der Waals surface area (Å²) < 4.78 is 5.83. The molecule has 3 heteroatoms. The van der Waals surface area contributed by atoms with Gasteiger partial charge in [0.05, 0.1) is 12.0 Å². The number of rotatable bonds is 0. The van der Waals surface area contributed by atoms with E-state index in [1.165, 1.54) is 0 Å². The third kappa shape index (κ3) is 3.48. The van der Waals surface area contributed by atoms with Gasteiger partial charge in [0.15, 0.2) is 5.78 Å². The molecule has 0 amide bonds. The van der Waals surface area contributed by atoms with Crippen LogP contribution in [0.3, 0.4) is 0 Å².